The molecule has 0 spiro atoms. The standard InChI is InChI=1S/C24H23N3O3/c28-22-21(27-23(29)16-11-5-6-12-17(16)24(27)30)26-20(15-9-3-1-2-4-10-15)18-13-7-8-14-19(18)25-22/h5-8,11-15,21H,1-4,9-10H2,(H,25,28). The highest BCUT2D eigenvalue weighted by molar-refractivity contribution is 6.24. The van der Waals surface area contributed by atoms with Crippen molar-refractivity contribution >= 4 is 29.1 Å². The topological polar surface area (TPSA) is 78.8 Å². The lowest BCUT2D eigenvalue weighted by Gasteiger charge is -2.23. The van der Waals surface area contributed by atoms with Gasteiger partial charge in [-0.2, -0.15) is 0 Å². The molecule has 1 N–H and O–H groups in total. The predicted molar refractivity (Wildman–Crippen MR) is 114 cm³/mol. The van der Waals surface area contributed by atoms with Crippen molar-refractivity contribution < 1.29 is 14.4 Å². The van der Waals surface area contributed by atoms with E-state index >= 15 is 0 Å². The van der Waals surface area contributed by atoms with Gasteiger partial charge < -0.3 is 5.32 Å². The zero-order valence-corrected chi connectivity index (χ0v) is 16.6. The van der Waals surface area contributed by atoms with Gasteiger partial charge >= 0.3 is 0 Å². The number of nitrogens with one attached hydrogen (secondary N) is 1. The molecule has 1 atom stereocenters. The quantitative estimate of drug-likeness (QED) is 0.610. The van der Waals surface area contributed by atoms with Gasteiger partial charge in [0, 0.05) is 17.2 Å². The molecule has 0 saturated heterocycles. The molecular formula is C24H23N3O3. The molecular weight excluding hydrogens is 378 g/mol. The fraction of sp³-hybridized carbons (Fsp3) is 0.333. The first kappa shape index (κ1) is 18.7. The highest BCUT2D eigenvalue weighted by Crippen LogP contribution is 2.33. The molecule has 1 saturated carbocycles. The minimum absolute atomic E-state index is 0.207. The van der Waals surface area contributed by atoms with Crippen molar-refractivity contribution in [2.45, 2.75) is 44.7 Å². The van der Waals surface area contributed by atoms with Gasteiger partial charge in [-0.3, -0.25) is 19.4 Å². The van der Waals surface area contributed by atoms with Gasteiger partial charge in [-0.1, -0.05) is 56.0 Å². The van der Waals surface area contributed by atoms with Crippen LogP contribution < -0.4 is 5.32 Å². The molecule has 2 heterocycles. The third-order valence-electron chi connectivity index (χ3n) is 6.27. The van der Waals surface area contributed by atoms with Crippen LogP contribution >= 0.6 is 0 Å². The van der Waals surface area contributed by atoms with Crippen molar-refractivity contribution in [2.75, 3.05) is 5.32 Å². The van der Waals surface area contributed by atoms with Crippen LogP contribution in [0.5, 0.6) is 0 Å². The molecule has 1 unspecified atom stereocenters. The second-order valence-corrected chi connectivity index (χ2v) is 8.14. The fourth-order valence-electron chi connectivity index (χ4n) is 4.76. The number of para-hydroxylation sites is 1. The van der Waals surface area contributed by atoms with Crippen LogP contribution in [-0.2, 0) is 4.79 Å². The van der Waals surface area contributed by atoms with Crippen molar-refractivity contribution in [3.63, 3.8) is 0 Å². The summed E-state index contributed by atoms with van der Waals surface area (Å²) in [6, 6.07) is 14.3. The van der Waals surface area contributed by atoms with E-state index in [0.29, 0.717) is 16.8 Å². The zero-order chi connectivity index (χ0) is 20.7. The van der Waals surface area contributed by atoms with Gasteiger partial charge in [0.2, 0.25) is 6.17 Å². The van der Waals surface area contributed by atoms with Crippen LogP contribution in [0, 0.1) is 5.92 Å². The molecule has 6 nitrogen and oxygen atoms in total. The molecule has 1 aliphatic carbocycles. The Morgan fingerprint density at radius 2 is 1.33 bits per heavy atom. The number of amides is 3. The van der Waals surface area contributed by atoms with Gasteiger partial charge in [0.05, 0.1) is 16.8 Å². The van der Waals surface area contributed by atoms with Crippen molar-refractivity contribution in [1.82, 2.24) is 4.90 Å². The van der Waals surface area contributed by atoms with Crippen LogP contribution in [0.1, 0.15) is 64.8 Å². The van der Waals surface area contributed by atoms with Gasteiger partial charge in [0.1, 0.15) is 0 Å². The molecule has 2 aliphatic heterocycles. The number of benzodiazepines with no additional fused rings is 1. The second-order valence-electron chi connectivity index (χ2n) is 8.14. The van der Waals surface area contributed by atoms with Gasteiger partial charge in [-0.25, -0.2) is 4.90 Å². The lowest BCUT2D eigenvalue weighted by atomic mass is 9.89. The normalized spacial score (nSPS) is 22.0. The lowest BCUT2D eigenvalue weighted by Crippen LogP contribution is -2.46. The minimum Gasteiger partial charge on any atom is -0.322 e. The summed E-state index contributed by atoms with van der Waals surface area (Å²) in [7, 11) is 0. The van der Waals surface area contributed by atoms with Crippen molar-refractivity contribution in [3.8, 4) is 0 Å². The molecule has 2 aromatic carbocycles. The first-order valence-electron chi connectivity index (χ1n) is 10.6. The summed E-state index contributed by atoms with van der Waals surface area (Å²) in [5, 5.41) is 2.90. The van der Waals surface area contributed by atoms with E-state index in [2.05, 4.69) is 5.32 Å². The number of imide groups is 1. The van der Waals surface area contributed by atoms with Crippen LogP contribution in [0.2, 0.25) is 0 Å². The Balaban J connectivity index is 1.61. The summed E-state index contributed by atoms with van der Waals surface area (Å²) in [6.45, 7) is 0. The number of hydrogen-bond donors (Lipinski definition) is 1. The van der Waals surface area contributed by atoms with Crippen molar-refractivity contribution in [2.24, 2.45) is 10.9 Å². The molecule has 5 rings (SSSR count). The maximum absolute atomic E-state index is 13.1. The number of aliphatic imine (C=N–C) groups is 1. The number of anilines is 1. The largest absolute Gasteiger partial charge is 0.322 e. The summed E-state index contributed by atoms with van der Waals surface area (Å²) in [5.41, 5.74) is 3.04. The first-order chi connectivity index (χ1) is 14.6. The molecule has 0 bridgehead atoms. The SMILES string of the molecule is O=C1Nc2ccccc2C(C2CCCCCC2)=NC1N1C(=O)c2ccccc2C1=O. The van der Waals surface area contributed by atoms with E-state index in [4.69, 9.17) is 4.99 Å². The number of fused-ring (bicyclic) bond motifs is 2. The summed E-state index contributed by atoms with van der Waals surface area (Å²) >= 11 is 0. The highest BCUT2D eigenvalue weighted by Gasteiger charge is 2.44. The smallest absolute Gasteiger partial charge is 0.270 e. The maximum Gasteiger partial charge on any atom is 0.270 e. The Hall–Kier alpha value is -3.28. The van der Waals surface area contributed by atoms with E-state index in [0.717, 1.165) is 41.9 Å². The summed E-state index contributed by atoms with van der Waals surface area (Å²) in [6.07, 6.45) is 5.42. The van der Waals surface area contributed by atoms with Crippen LogP contribution in [0.4, 0.5) is 5.69 Å². The number of rotatable bonds is 2. The fourth-order valence-corrected chi connectivity index (χ4v) is 4.76. The lowest BCUT2D eigenvalue weighted by molar-refractivity contribution is -0.119. The second kappa shape index (κ2) is 7.52. The van der Waals surface area contributed by atoms with Crippen molar-refractivity contribution in [1.29, 1.82) is 0 Å². The highest BCUT2D eigenvalue weighted by atomic mass is 16.2. The van der Waals surface area contributed by atoms with Gasteiger partial charge in [-0.05, 0) is 31.0 Å². The first-order valence-corrected chi connectivity index (χ1v) is 10.6. The van der Waals surface area contributed by atoms with Gasteiger partial charge in [0.25, 0.3) is 17.7 Å². The van der Waals surface area contributed by atoms with Gasteiger partial charge in [0.15, 0.2) is 0 Å². The Kier molecular flexibility index (Phi) is 4.69. The van der Waals surface area contributed by atoms with E-state index in [1.807, 2.05) is 24.3 Å². The van der Waals surface area contributed by atoms with Crippen LogP contribution in [0.25, 0.3) is 0 Å². The van der Waals surface area contributed by atoms with Crippen molar-refractivity contribution in [3.05, 3.63) is 65.2 Å². The Bertz CT molecular complexity index is 1030. The monoisotopic (exact) mass is 401 g/mol. The molecule has 1 fully saturated rings. The molecule has 3 amide bonds. The molecule has 0 aromatic heterocycles. The average Bonchev–Trinajstić information content (AvgIpc) is 2.98. The van der Waals surface area contributed by atoms with E-state index in [9.17, 15) is 14.4 Å². The van der Waals surface area contributed by atoms with Gasteiger partial charge in [-0.15, -0.1) is 0 Å². The molecule has 3 aliphatic rings. The Morgan fingerprint density at radius 1 is 0.767 bits per heavy atom. The van der Waals surface area contributed by atoms with Crippen LogP contribution in [-0.4, -0.2) is 34.5 Å². The molecule has 152 valence electrons. The predicted octanol–water partition coefficient (Wildman–Crippen LogP) is 4.02. The molecule has 30 heavy (non-hydrogen) atoms. The number of carbonyl (C=O) groups is 3. The summed E-state index contributed by atoms with van der Waals surface area (Å²) in [4.78, 5) is 45.0. The number of benzene rings is 2. The number of hydrogen-bond acceptors (Lipinski definition) is 4. The summed E-state index contributed by atoms with van der Waals surface area (Å²) < 4.78 is 0. The zero-order valence-electron chi connectivity index (χ0n) is 16.6. The third-order valence-corrected chi connectivity index (χ3v) is 6.27. The molecule has 2 aromatic rings. The summed E-state index contributed by atoms with van der Waals surface area (Å²) in [5.74, 6) is -1.18. The Morgan fingerprint density at radius 3 is 1.97 bits per heavy atom. The maximum atomic E-state index is 13.1. The minimum atomic E-state index is -1.21. The number of nitrogens with zero attached hydrogens (tertiary/aromatic N) is 2. The van der Waals surface area contributed by atoms with E-state index in [-0.39, 0.29) is 5.92 Å². The van der Waals surface area contributed by atoms with Crippen LogP contribution in [0.15, 0.2) is 53.5 Å². The van der Waals surface area contributed by atoms with Crippen LogP contribution in [0.3, 0.4) is 0 Å². The molecule has 0 radical (unpaired) electrons. The third kappa shape index (κ3) is 3.03. The molecule has 6 heteroatoms. The Labute approximate surface area is 175 Å². The number of carbonyl (C=O) groups excluding carboxylic acids is 3. The average molecular weight is 401 g/mol. The van der Waals surface area contributed by atoms with E-state index < -0.39 is 23.9 Å². The van der Waals surface area contributed by atoms with E-state index in [1.54, 1.807) is 24.3 Å². The van der Waals surface area contributed by atoms with E-state index in [1.165, 1.54) is 12.8 Å².